The van der Waals surface area contributed by atoms with E-state index >= 15 is 0 Å². The van der Waals surface area contributed by atoms with Crippen molar-refractivity contribution in [2.45, 2.75) is 32.3 Å². The highest BCUT2D eigenvalue weighted by atomic mass is 16.6. The van der Waals surface area contributed by atoms with Crippen LogP contribution in [0.5, 0.6) is 0 Å². The first-order valence-corrected chi connectivity index (χ1v) is 5.53. The Kier molecular flexibility index (Phi) is 2.67. The van der Waals surface area contributed by atoms with Crippen molar-refractivity contribution in [3.8, 4) is 0 Å². The van der Waals surface area contributed by atoms with Gasteiger partial charge in [0.2, 0.25) is 0 Å². The Labute approximate surface area is 86.3 Å². The Bertz CT molecular complexity index is 228. The molecule has 2 fully saturated rings. The molecule has 0 aromatic rings. The largest absolute Gasteiger partial charge is 0.378 e. The molecule has 2 aliphatic rings. The molecule has 3 atom stereocenters. The van der Waals surface area contributed by atoms with E-state index in [1.54, 1.807) is 0 Å². The summed E-state index contributed by atoms with van der Waals surface area (Å²) in [5, 5.41) is 0. The maximum Gasteiger partial charge on any atom is 0.0967 e. The SMILES string of the molecule is C=C(C)C1CCOC2(CCOC2)C1C. The smallest absolute Gasteiger partial charge is 0.0967 e. The molecule has 2 nitrogen and oxygen atoms in total. The monoisotopic (exact) mass is 196 g/mol. The summed E-state index contributed by atoms with van der Waals surface area (Å²) in [6, 6.07) is 0. The quantitative estimate of drug-likeness (QED) is 0.599. The summed E-state index contributed by atoms with van der Waals surface area (Å²) in [5.74, 6) is 1.17. The van der Waals surface area contributed by atoms with Crippen molar-refractivity contribution in [3.05, 3.63) is 12.2 Å². The zero-order valence-electron chi connectivity index (χ0n) is 9.21. The van der Waals surface area contributed by atoms with Gasteiger partial charge in [0.1, 0.15) is 0 Å². The summed E-state index contributed by atoms with van der Waals surface area (Å²) in [5.41, 5.74) is 1.30. The molecule has 1 spiro atoms. The van der Waals surface area contributed by atoms with Crippen LogP contribution in [0.15, 0.2) is 12.2 Å². The topological polar surface area (TPSA) is 18.5 Å². The molecule has 3 unspecified atom stereocenters. The van der Waals surface area contributed by atoms with Crippen molar-refractivity contribution >= 4 is 0 Å². The van der Waals surface area contributed by atoms with E-state index in [0.717, 1.165) is 32.7 Å². The van der Waals surface area contributed by atoms with Crippen molar-refractivity contribution < 1.29 is 9.47 Å². The van der Waals surface area contributed by atoms with Crippen LogP contribution in [-0.2, 0) is 9.47 Å². The third-order valence-corrected chi connectivity index (χ3v) is 3.90. The first-order chi connectivity index (χ1) is 6.66. The molecule has 0 aliphatic carbocycles. The van der Waals surface area contributed by atoms with Crippen molar-refractivity contribution in [1.82, 2.24) is 0 Å². The Morgan fingerprint density at radius 2 is 2.21 bits per heavy atom. The number of allylic oxidation sites excluding steroid dienone is 1. The minimum absolute atomic E-state index is 0.00185. The van der Waals surface area contributed by atoms with Gasteiger partial charge in [-0.05, 0) is 25.2 Å². The van der Waals surface area contributed by atoms with Crippen LogP contribution in [-0.4, -0.2) is 25.4 Å². The zero-order valence-corrected chi connectivity index (χ0v) is 9.21. The highest BCUT2D eigenvalue weighted by Crippen LogP contribution is 2.42. The summed E-state index contributed by atoms with van der Waals surface area (Å²) in [6.07, 6.45) is 2.18. The third-order valence-electron chi connectivity index (χ3n) is 3.90. The van der Waals surface area contributed by atoms with Gasteiger partial charge in [0, 0.05) is 19.6 Å². The molecule has 2 rings (SSSR count). The van der Waals surface area contributed by atoms with Gasteiger partial charge in [0.25, 0.3) is 0 Å². The molecule has 0 saturated carbocycles. The van der Waals surface area contributed by atoms with Crippen LogP contribution >= 0.6 is 0 Å². The van der Waals surface area contributed by atoms with Crippen LogP contribution < -0.4 is 0 Å². The zero-order chi connectivity index (χ0) is 10.2. The normalized spacial score (nSPS) is 43.0. The lowest BCUT2D eigenvalue weighted by Crippen LogP contribution is -2.48. The van der Waals surface area contributed by atoms with E-state index in [1.807, 2.05) is 0 Å². The molecule has 0 aromatic carbocycles. The highest BCUT2D eigenvalue weighted by molar-refractivity contribution is 5.06. The molecule has 2 heteroatoms. The standard InChI is InChI=1S/C12H20O2/c1-9(2)11-4-6-14-12(10(11)3)5-7-13-8-12/h10-11H,1,4-8H2,2-3H3. The van der Waals surface area contributed by atoms with E-state index in [9.17, 15) is 0 Å². The second-order valence-corrected chi connectivity index (χ2v) is 4.75. The van der Waals surface area contributed by atoms with Gasteiger partial charge in [0.15, 0.2) is 0 Å². The number of hydrogen-bond donors (Lipinski definition) is 0. The average molecular weight is 196 g/mol. The molecule has 14 heavy (non-hydrogen) atoms. The Morgan fingerprint density at radius 1 is 1.43 bits per heavy atom. The van der Waals surface area contributed by atoms with Gasteiger partial charge in [0.05, 0.1) is 12.2 Å². The lowest BCUT2D eigenvalue weighted by molar-refractivity contribution is -0.129. The first-order valence-electron chi connectivity index (χ1n) is 5.53. The van der Waals surface area contributed by atoms with E-state index in [4.69, 9.17) is 9.47 Å². The van der Waals surface area contributed by atoms with Gasteiger partial charge in [-0.25, -0.2) is 0 Å². The van der Waals surface area contributed by atoms with Crippen LogP contribution in [0.1, 0.15) is 26.7 Å². The summed E-state index contributed by atoms with van der Waals surface area (Å²) >= 11 is 0. The van der Waals surface area contributed by atoms with Crippen LogP contribution in [0, 0.1) is 11.8 Å². The maximum atomic E-state index is 5.95. The van der Waals surface area contributed by atoms with Gasteiger partial charge < -0.3 is 9.47 Å². The second kappa shape index (κ2) is 3.67. The van der Waals surface area contributed by atoms with E-state index < -0.39 is 0 Å². The molecule has 0 aromatic heterocycles. The van der Waals surface area contributed by atoms with Gasteiger partial charge in [-0.1, -0.05) is 19.1 Å². The summed E-state index contributed by atoms with van der Waals surface area (Å²) < 4.78 is 11.4. The third kappa shape index (κ3) is 1.51. The van der Waals surface area contributed by atoms with Gasteiger partial charge in [-0.3, -0.25) is 0 Å². The molecule has 0 amide bonds. The summed E-state index contributed by atoms with van der Waals surface area (Å²) in [7, 11) is 0. The van der Waals surface area contributed by atoms with Gasteiger partial charge in [-0.15, -0.1) is 0 Å². The molecule has 0 radical (unpaired) electrons. The summed E-state index contributed by atoms with van der Waals surface area (Å²) in [4.78, 5) is 0. The molecule has 2 saturated heterocycles. The molecule has 0 bridgehead atoms. The fraction of sp³-hybridized carbons (Fsp3) is 0.833. The van der Waals surface area contributed by atoms with Gasteiger partial charge in [-0.2, -0.15) is 0 Å². The fourth-order valence-corrected chi connectivity index (χ4v) is 2.85. The minimum atomic E-state index is 0.00185. The van der Waals surface area contributed by atoms with Gasteiger partial charge >= 0.3 is 0 Å². The first kappa shape index (κ1) is 10.2. The number of ether oxygens (including phenoxy) is 2. The van der Waals surface area contributed by atoms with Crippen LogP contribution in [0.3, 0.4) is 0 Å². The average Bonchev–Trinajstić information content (AvgIpc) is 2.59. The van der Waals surface area contributed by atoms with E-state index in [2.05, 4.69) is 20.4 Å². The lowest BCUT2D eigenvalue weighted by Gasteiger charge is -2.43. The van der Waals surface area contributed by atoms with Crippen molar-refractivity contribution in [3.63, 3.8) is 0 Å². The van der Waals surface area contributed by atoms with Crippen molar-refractivity contribution in [2.75, 3.05) is 19.8 Å². The van der Waals surface area contributed by atoms with Crippen LogP contribution in [0.2, 0.25) is 0 Å². The Balaban J connectivity index is 2.15. The Hall–Kier alpha value is -0.340. The van der Waals surface area contributed by atoms with E-state index in [1.165, 1.54) is 5.57 Å². The molecule has 0 N–H and O–H groups in total. The second-order valence-electron chi connectivity index (χ2n) is 4.75. The lowest BCUT2D eigenvalue weighted by atomic mass is 9.73. The number of rotatable bonds is 1. The van der Waals surface area contributed by atoms with E-state index in [0.29, 0.717) is 11.8 Å². The number of hydrogen-bond acceptors (Lipinski definition) is 2. The highest BCUT2D eigenvalue weighted by Gasteiger charge is 2.47. The molecular formula is C12H20O2. The molecule has 2 heterocycles. The predicted molar refractivity (Wildman–Crippen MR) is 56.2 cm³/mol. The minimum Gasteiger partial charge on any atom is -0.378 e. The summed E-state index contributed by atoms with van der Waals surface area (Å²) in [6.45, 7) is 11.0. The molecule has 2 aliphatic heterocycles. The maximum absolute atomic E-state index is 5.95. The van der Waals surface area contributed by atoms with Crippen molar-refractivity contribution in [2.24, 2.45) is 11.8 Å². The van der Waals surface area contributed by atoms with Crippen LogP contribution in [0.4, 0.5) is 0 Å². The fourth-order valence-electron chi connectivity index (χ4n) is 2.85. The Morgan fingerprint density at radius 3 is 2.79 bits per heavy atom. The van der Waals surface area contributed by atoms with Crippen LogP contribution in [0.25, 0.3) is 0 Å². The molecule has 80 valence electrons. The predicted octanol–water partition coefficient (Wildman–Crippen LogP) is 2.39. The molecular weight excluding hydrogens is 176 g/mol. The van der Waals surface area contributed by atoms with E-state index in [-0.39, 0.29) is 5.60 Å². The van der Waals surface area contributed by atoms with Crippen molar-refractivity contribution in [1.29, 1.82) is 0 Å².